The number of nitrogens with one attached hydrogen (secondary N) is 2. The van der Waals surface area contributed by atoms with Crippen LogP contribution in [0.15, 0.2) is 78.1 Å². The predicted octanol–water partition coefficient (Wildman–Crippen LogP) is 3.10. The van der Waals surface area contributed by atoms with Crippen LogP contribution in [-0.4, -0.2) is 35.9 Å². The molecular weight excluding hydrogens is 420 g/mol. The van der Waals surface area contributed by atoms with Crippen LogP contribution in [-0.2, 0) is 10.0 Å². The van der Waals surface area contributed by atoms with E-state index in [0.29, 0.717) is 17.0 Å². The van der Waals surface area contributed by atoms with Crippen LogP contribution in [0.2, 0.25) is 0 Å². The van der Waals surface area contributed by atoms with Gasteiger partial charge in [0.25, 0.3) is 15.9 Å². The zero-order valence-corrected chi connectivity index (χ0v) is 17.1. The molecule has 4 aromatic rings. The summed E-state index contributed by atoms with van der Waals surface area (Å²) in [6.07, 6.45) is 4.88. The number of aromatic hydroxyl groups is 1. The minimum Gasteiger partial charge on any atom is -0.506 e. The Morgan fingerprint density at radius 1 is 1.10 bits per heavy atom. The number of imidazole rings is 1. The maximum absolute atomic E-state index is 12.8. The molecule has 0 saturated carbocycles. The molecule has 0 radical (unpaired) electrons. The molecule has 0 fully saturated rings. The van der Waals surface area contributed by atoms with Gasteiger partial charge < -0.3 is 19.6 Å². The number of phenols is 1. The second kappa shape index (κ2) is 8.00. The molecule has 0 atom stereocenters. The molecular formula is C21H18N4O5S. The zero-order valence-electron chi connectivity index (χ0n) is 16.3. The van der Waals surface area contributed by atoms with Gasteiger partial charge in [-0.1, -0.05) is 12.1 Å². The number of ether oxygens (including phenoxy) is 1. The molecule has 4 rings (SSSR count). The molecule has 31 heavy (non-hydrogen) atoms. The number of para-hydroxylation sites is 2. The predicted molar refractivity (Wildman–Crippen MR) is 115 cm³/mol. The zero-order chi connectivity index (χ0) is 22.0. The summed E-state index contributed by atoms with van der Waals surface area (Å²) in [5, 5.41) is 12.7. The molecule has 10 heteroatoms. The molecule has 0 saturated heterocycles. The van der Waals surface area contributed by atoms with Crippen LogP contribution in [0.5, 0.6) is 11.5 Å². The highest BCUT2D eigenvalue weighted by Crippen LogP contribution is 2.30. The number of aromatic nitrogens is 2. The Balaban J connectivity index is 1.61. The third kappa shape index (κ3) is 4.14. The average Bonchev–Trinajstić information content (AvgIpc) is 3.23. The maximum atomic E-state index is 12.8. The van der Waals surface area contributed by atoms with Gasteiger partial charge in [-0.25, -0.2) is 13.4 Å². The molecule has 1 amide bonds. The summed E-state index contributed by atoms with van der Waals surface area (Å²) in [5.74, 6) is -0.431. The minimum atomic E-state index is -4.01. The summed E-state index contributed by atoms with van der Waals surface area (Å²) in [6.45, 7) is 0. The van der Waals surface area contributed by atoms with Crippen molar-refractivity contribution in [3.8, 4) is 11.5 Å². The molecule has 0 aliphatic rings. The normalized spacial score (nSPS) is 11.3. The molecule has 9 nitrogen and oxygen atoms in total. The molecule has 158 valence electrons. The van der Waals surface area contributed by atoms with E-state index >= 15 is 0 Å². The van der Waals surface area contributed by atoms with Gasteiger partial charge >= 0.3 is 0 Å². The first-order chi connectivity index (χ1) is 14.9. The average molecular weight is 438 g/mol. The van der Waals surface area contributed by atoms with Gasteiger partial charge in [-0.15, -0.1) is 0 Å². The number of nitrogens with zero attached hydrogens (tertiary/aromatic N) is 2. The van der Waals surface area contributed by atoms with E-state index in [-0.39, 0.29) is 22.0 Å². The van der Waals surface area contributed by atoms with Crippen LogP contribution < -0.4 is 14.8 Å². The van der Waals surface area contributed by atoms with E-state index < -0.39 is 15.9 Å². The van der Waals surface area contributed by atoms with Gasteiger partial charge in [0.1, 0.15) is 17.1 Å². The Morgan fingerprint density at radius 3 is 2.71 bits per heavy atom. The lowest BCUT2D eigenvalue weighted by molar-refractivity contribution is 0.102. The number of pyridine rings is 1. The van der Waals surface area contributed by atoms with E-state index in [2.05, 4.69) is 15.0 Å². The van der Waals surface area contributed by atoms with Crippen molar-refractivity contribution in [1.82, 2.24) is 9.38 Å². The number of carbonyl (C=O) groups is 1. The van der Waals surface area contributed by atoms with Gasteiger partial charge in [0.15, 0.2) is 0 Å². The highest BCUT2D eigenvalue weighted by Gasteiger charge is 2.19. The summed E-state index contributed by atoms with van der Waals surface area (Å²) in [7, 11) is -2.58. The van der Waals surface area contributed by atoms with E-state index in [1.807, 2.05) is 0 Å². The Labute approximate surface area is 178 Å². The minimum absolute atomic E-state index is 0.0429. The van der Waals surface area contributed by atoms with E-state index in [1.165, 1.54) is 25.3 Å². The summed E-state index contributed by atoms with van der Waals surface area (Å²) >= 11 is 0. The first kappa shape index (κ1) is 20.2. The van der Waals surface area contributed by atoms with Crippen molar-refractivity contribution in [2.24, 2.45) is 0 Å². The fourth-order valence-electron chi connectivity index (χ4n) is 2.96. The summed E-state index contributed by atoms with van der Waals surface area (Å²) in [5.41, 5.74) is 1.20. The fourth-order valence-corrected chi connectivity index (χ4v) is 4.06. The number of sulfonamides is 1. The lowest BCUT2D eigenvalue weighted by atomic mass is 10.2. The first-order valence-corrected chi connectivity index (χ1v) is 10.6. The molecule has 3 N–H and O–H groups in total. The quantitative estimate of drug-likeness (QED) is 0.398. The number of methoxy groups -OCH3 is 1. The standard InChI is InChI=1S/C21H18N4O5S/c1-30-19-5-3-2-4-16(19)24-31(28,29)15-7-8-18(26)17(12-15)23-21(27)14-6-9-20-22-10-11-25(20)13-14/h2-13,24,26H,1H3,(H,23,27). The summed E-state index contributed by atoms with van der Waals surface area (Å²) in [4.78, 5) is 16.6. The molecule has 2 aromatic carbocycles. The second-order valence-corrected chi connectivity index (χ2v) is 8.23. The summed E-state index contributed by atoms with van der Waals surface area (Å²) < 4.78 is 35.0. The molecule has 2 aromatic heterocycles. The summed E-state index contributed by atoms with van der Waals surface area (Å²) in [6, 6.07) is 13.4. The highest BCUT2D eigenvalue weighted by atomic mass is 32.2. The van der Waals surface area contributed by atoms with E-state index in [0.717, 1.165) is 0 Å². The van der Waals surface area contributed by atoms with Crippen molar-refractivity contribution in [3.63, 3.8) is 0 Å². The van der Waals surface area contributed by atoms with Crippen molar-refractivity contribution in [3.05, 3.63) is 78.8 Å². The number of carbonyl (C=O) groups excluding carboxylic acids is 1. The number of fused-ring (bicyclic) bond motifs is 1. The number of rotatable bonds is 6. The monoisotopic (exact) mass is 438 g/mol. The van der Waals surface area contributed by atoms with E-state index in [1.54, 1.807) is 59.4 Å². The van der Waals surface area contributed by atoms with Crippen molar-refractivity contribution in [2.45, 2.75) is 4.90 Å². The fraction of sp³-hybridized carbons (Fsp3) is 0.0476. The van der Waals surface area contributed by atoms with Crippen LogP contribution in [0.3, 0.4) is 0 Å². The topological polar surface area (TPSA) is 122 Å². The highest BCUT2D eigenvalue weighted by molar-refractivity contribution is 7.92. The van der Waals surface area contributed by atoms with Crippen molar-refractivity contribution >= 4 is 33.0 Å². The molecule has 0 bridgehead atoms. The molecule has 0 unspecified atom stereocenters. The smallest absolute Gasteiger partial charge is 0.262 e. The van der Waals surface area contributed by atoms with E-state index in [4.69, 9.17) is 4.74 Å². The number of hydrogen-bond donors (Lipinski definition) is 3. The Morgan fingerprint density at radius 2 is 1.90 bits per heavy atom. The number of hydrogen-bond acceptors (Lipinski definition) is 6. The van der Waals surface area contributed by atoms with Crippen LogP contribution in [0, 0.1) is 0 Å². The van der Waals surface area contributed by atoms with Gasteiger partial charge in [-0.2, -0.15) is 0 Å². The van der Waals surface area contributed by atoms with E-state index in [9.17, 15) is 18.3 Å². The Kier molecular flexibility index (Phi) is 5.22. The van der Waals surface area contributed by atoms with Gasteiger partial charge in [0.2, 0.25) is 0 Å². The lowest BCUT2D eigenvalue weighted by Crippen LogP contribution is -2.16. The number of anilines is 2. The number of amides is 1. The molecule has 0 aliphatic carbocycles. The van der Waals surface area contributed by atoms with Crippen molar-refractivity contribution in [2.75, 3.05) is 17.1 Å². The van der Waals surface area contributed by atoms with Crippen molar-refractivity contribution in [1.29, 1.82) is 0 Å². The van der Waals surface area contributed by atoms with Crippen molar-refractivity contribution < 1.29 is 23.1 Å². The largest absolute Gasteiger partial charge is 0.506 e. The molecule has 0 spiro atoms. The van der Waals surface area contributed by atoms with Crippen LogP contribution in [0.1, 0.15) is 10.4 Å². The van der Waals surface area contributed by atoms with Gasteiger partial charge in [0.05, 0.1) is 28.9 Å². The Hall–Kier alpha value is -4.05. The molecule has 0 aliphatic heterocycles. The second-order valence-electron chi connectivity index (χ2n) is 6.55. The number of phenolic OH excluding ortho intramolecular Hbond substituents is 1. The SMILES string of the molecule is COc1ccccc1NS(=O)(=O)c1ccc(O)c(NC(=O)c2ccc3nccn3c2)c1. The Bertz CT molecular complexity index is 1380. The maximum Gasteiger partial charge on any atom is 0.262 e. The van der Waals surface area contributed by atoms with Gasteiger partial charge in [0, 0.05) is 18.6 Å². The lowest BCUT2D eigenvalue weighted by Gasteiger charge is -2.13. The van der Waals surface area contributed by atoms with Crippen LogP contribution in [0.25, 0.3) is 5.65 Å². The van der Waals surface area contributed by atoms with Crippen LogP contribution >= 0.6 is 0 Å². The molecule has 2 heterocycles. The van der Waals surface area contributed by atoms with Gasteiger partial charge in [-0.3, -0.25) is 9.52 Å². The first-order valence-electron chi connectivity index (χ1n) is 9.10. The van der Waals surface area contributed by atoms with Crippen LogP contribution in [0.4, 0.5) is 11.4 Å². The van der Waals surface area contributed by atoms with Gasteiger partial charge in [-0.05, 0) is 42.5 Å². The third-order valence-electron chi connectivity index (χ3n) is 4.53. The number of benzene rings is 2. The third-order valence-corrected chi connectivity index (χ3v) is 5.89.